The normalized spacial score (nSPS) is 26.6. The van der Waals surface area contributed by atoms with Crippen LogP contribution in [0.25, 0.3) is 0 Å². The molecular weight excluding hydrogens is 222 g/mol. The largest absolute Gasteiger partial charge is 0.381 e. The summed E-state index contributed by atoms with van der Waals surface area (Å²) in [6.45, 7) is 2.60. The van der Waals surface area contributed by atoms with Gasteiger partial charge in [0.1, 0.15) is 0 Å². The predicted molar refractivity (Wildman–Crippen MR) is 73.8 cm³/mol. The Kier molecular flexibility index (Phi) is 3.40. The zero-order chi connectivity index (χ0) is 12.4. The Balaban J connectivity index is 1.81. The van der Waals surface area contributed by atoms with E-state index in [1.165, 1.54) is 43.2 Å². The second kappa shape index (κ2) is 5.02. The number of ether oxygens (including phenoxy) is 1. The van der Waals surface area contributed by atoms with Crippen LogP contribution in [0.3, 0.4) is 0 Å². The molecule has 98 valence electrons. The van der Waals surface area contributed by atoms with Gasteiger partial charge in [-0.05, 0) is 30.4 Å². The fourth-order valence-electron chi connectivity index (χ4n) is 3.57. The zero-order valence-electron chi connectivity index (χ0n) is 11.0. The Bertz CT molecular complexity index is 386. The quantitative estimate of drug-likeness (QED) is 0.888. The van der Waals surface area contributed by atoms with Gasteiger partial charge in [-0.1, -0.05) is 37.1 Å². The van der Waals surface area contributed by atoms with Crippen molar-refractivity contribution in [2.75, 3.05) is 19.8 Å². The molecule has 2 aliphatic rings. The van der Waals surface area contributed by atoms with E-state index in [0.717, 1.165) is 19.8 Å². The van der Waals surface area contributed by atoms with Crippen LogP contribution in [0, 0.1) is 0 Å². The van der Waals surface area contributed by atoms with Crippen molar-refractivity contribution in [3.63, 3.8) is 0 Å². The molecule has 2 heteroatoms. The van der Waals surface area contributed by atoms with Crippen LogP contribution in [0.1, 0.15) is 49.1 Å². The number of hydrogen-bond acceptors (Lipinski definition) is 2. The van der Waals surface area contributed by atoms with Crippen molar-refractivity contribution in [3.05, 3.63) is 35.4 Å². The number of rotatable bonds is 3. The highest BCUT2D eigenvalue weighted by atomic mass is 16.5. The molecule has 1 saturated carbocycles. The molecule has 1 saturated heterocycles. The molecule has 2 N–H and O–H groups in total. The van der Waals surface area contributed by atoms with Crippen molar-refractivity contribution in [1.29, 1.82) is 0 Å². The van der Waals surface area contributed by atoms with E-state index in [0.29, 0.717) is 5.92 Å². The van der Waals surface area contributed by atoms with Crippen LogP contribution in [0.15, 0.2) is 24.3 Å². The summed E-state index contributed by atoms with van der Waals surface area (Å²) >= 11 is 0. The van der Waals surface area contributed by atoms with Gasteiger partial charge >= 0.3 is 0 Å². The standard InChI is InChI=1S/C16H23NO/c17-12-16(8-1-2-9-16)15-5-3-13(4-6-15)14-7-10-18-11-14/h3-6,14H,1-2,7-12,17H2. The molecule has 1 aromatic carbocycles. The molecule has 1 heterocycles. The molecule has 0 amide bonds. The third-order valence-electron chi connectivity index (χ3n) is 4.88. The molecule has 0 radical (unpaired) electrons. The van der Waals surface area contributed by atoms with Gasteiger partial charge in [-0.3, -0.25) is 0 Å². The molecule has 3 rings (SSSR count). The molecule has 1 atom stereocenters. The van der Waals surface area contributed by atoms with Crippen LogP contribution < -0.4 is 5.73 Å². The first-order valence-electron chi connectivity index (χ1n) is 7.22. The lowest BCUT2D eigenvalue weighted by Crippen LogP contribution is -2.31. The van der Waals surface area contributed by atoms with Crippen molar-refractivity contribution in [2.45, 2.75) is 43.4 Å². The summed E-state index contributed by atoms with van der Waals surface area (Å²) in [5.41, 5.74) is 9.19. The molecular formula is C16H23NO. The minimum absolute atomic E-state index is 0.269. The molecule has 1 aliphatic heterocycles. The molecule has 1 unspecified atom stereocenters. The average molecular weight is 245 g/mol. The maximum absolute atomic E-state index is 6.04. The van der Waals surface area contributed by atoms with Gasteiger partial charge in [0.15, 0.2) is 0 Å². The summed E-state index contributed by atoms with van der Waals surface area (Å²) < 4.78 is 5.46. The minimum Gasteiger partial charge on any atom is -0.381 e. The van der Waals surface area contributed by atoms with E-state index in [1.54, 1.807) is 0 Å². The Morgan fingerprint density at radius 1 is 1.17 bits per heavy atom. The van der Waals surface area contributed by atoms with E-state index in [2.05, 4.69) is 24.3 Å². The first-order chi connectivity index (χ1) is 8.84. The molecule has 0 spiro atoms. The van der Waals surface area contributed by atoms with Crippen molar-refractivity contribution in [3.8, 4) is 0 Å². The smallest absolute Gasteiger partial charge is 0.0535 e. The fraction of sp³-hybridized carbons (Fsp3) is 0.625. The maximum atomic E-state index is 6.04. The number of hydrogen-bond donors (Lipinski definition) is 1. The summed E-state index contributed by atoms with van der Waals surface area (Å²) in [5, 5.41) is 0. The monoisotopic (exact) mass is 245 g/mol. The highest BCUT2D eigenvalue weighted by Crippen LogP contribution is 2.40. The Morgan fingerprint density at radius 3 is 2.44 bits per heavy atom. The highest BCUT2D eigenvalue weighted by Gasteiger charge is 2.34. The first kappa shape index (κ1) is 12.2. The molecule has 2 nitrogen and oxygen atoms in total. The van der Waals surface area contributed by atoms with Crippen molar-refractivity contribution < 1.29 is 4.74 Å². The molecule has 1 aromatic rings. The zero-order valence-corrected chi connectivity index (χ0v) is 11.0. The van der Waals surface area contributed by atoms with E-state index in [-0.39, 0.29) is 5.41 Å². The van der Waals surface area contributed by atoms with Gasteiger partial charge in [0.05, 0.1) is 6.61 Å². The van der Waals surface area contributed by atoms with Gasteiger partial charge in [0.25, 0.3) is 0 Å². The Labute approximate surface area is 110 Å². The van der Waals surface area contributed by atoms with Gasteiger partial charge < -0.3 is 10.5 Å². The van der Waals surface area contributed by atoms with Crippen LogP contribution in [-0.2, 0) is 10.2 Å². The number of nitrogens with two attached hydrogens (primary N) is 1. The summed E-state index contributed by atoms with van der Waals surface area (Å²) in [4.78, 5) is 0. The third-order valence-corrected chi connectivity index (χ3v) is 4.88. The lowest BCUT2D eigenvalue weighted by molar-refractivity contribution is 0.194. The van der Waals surface area contributed by atoms with Crippen LogP contribution >= 0.6 is 0 Å². The van der Waals surface area contributed by atoms with Crippen molar-refractivity contribution in [1.82, 2.24) is 0 Å². The Hall–Kier alpha value is -0.860. The highest BCUT2D eigenvalue weighted by molar-refractivity contribution is 5.32. The van der Waals surface area contributed by atoms with Crippen molar-refractivity contribution in [2.24, 2.45) is 5.73 Å². The molecule has 18 heavy (non-hydrogen) atoms. The van der Waals surface area contributed by atoms with Crippen LogP contribution in [0.5, 0.6) is 0 Å². The second-order valence-electron chi connectivity index (χ2n) is 5.87. The van der Waals surface area contributed by atoms with Gasteiger partial charge in [0.2, 0.25) is 0 Å². The average Bonchev–Trinajstić information content (AvgIpc) is 3.11. The summed E-state index contributed by atoms with van der Waals surface area (Å²) in [6.07, 6.45) is 6.34. The van der Waals surface area contributed by atoms with E-state index in [4.69, 9.17) is 10.5 Å². The summed E-state index contributed by atoms with van der Waals surface area (Å²) in [7, 11) is 0. The summed E-state index contributed by atoms with van der Waals surface area (Å²) in [5.74, 6) is 0.608. The summed E-state index contributed by atoms with van der Waals surface area (Å²) in [6, 6.07) is 9.21. The predicted octanol–water partition coefficient (Wildman–Crippen LogP) is 2.96. The molecule has 0 aromatic heterocycles. The van der Waals surface area contributed by atoms with E-state index < -0.39 is 0 Å². The first-order valence-corrected chi connectivity index (χ1v) is 7.22. The Morgan fingerprint density at radius 2 is 1.89 bits per heavy atom. The molecule has 0 bridgehead atoms. The van der Waals surface area contributed by atoms with E-state index >= 15 is 0 Å². The van der Waals surface area contributed by atoms with Gasteiger partial charge in [-0.25, -0.2) is 0 Å². The van der Waals surface area contributed by atoms with Gasteiger partial charge in [-0.15, -0.1) is 0 Å². The topological polar surface area (TPSA) is 35.2 Å². The van der Waals surface area contributed by atoms with Crippen LogP contribution in [0.2, 0.25) is 0 Å². The van der Waals surface area contributed by atoms with Gasteiger partial charge in [-0.2, -0.15) is 0 Å². The van der Waals surface area contributed by atoms with Gasteiger partial charge in [0, 0.05) is 24.5 Å². The molecule has 1 aliphatic carbocycles. The van der Waals surface area contributed by atoms with Crippen molar-refractivity contribution >= 4 is 0 Å². The lowest BCUT2D eigenvalue weighted by atomic mass is 9.78. The van der Waals surface area contributed by atoms with E-state index in [1.807, 2.05) is 0 Å². The third kappa shape index (κ3) is 2.08. The number of benzene rings is 1. The SMILES string of the molecule is NCC1(c2ccc(C3CCOC3)cc2)CCCC1. The fourth-order valence-corrected chi connectivity index (χ4v) is 3.57. The maximum Gasteiger partial charge on any atom is 0.0535 e. The van der Waals surface area contributed by atoms with Crippen LogP contribution in [0.4, 0.5) is 0 Å². The van der Waals surface area contributed by atoms with Crippen LogP contribution in [-0.4, -0.2) is 19.8 Å². The minimum atomic E-state index is 0.269. The van der Waals surface area contributed by atoms with E-state index in [9.17, 15) is 0 Å². The molecule has 2 fully saturated rings. The lowest BCUT2D eigenvalue weighted by Gasteiger charge is -2.28. The second-order valence-corrected chi connectivity index (χ2v) is 5.87.